The van der Waals surface area contributed by atoms with Gasteiger partial charge in [-0.1, -0.05) is 53.3 Å². The zero-order valence-electron chi connectivity index (χ0n) is 24.9. The predicted molar refractivity (Wildman–Crippen MR) is 172 cm³/mol. The number of cyclic esters (lactones) is 1. The number of hydrogen-bond acceptors (Lipinski definition) is 8. The first-order valence-electron chi connectivity index (χ1n) is 14.3. The highest BCUT2D eigenvalue weighted by Crippen LogP contribution is 2.37. The van der Waals surface area contributed by atoms with Crippen LogP contribution in [0, 0.1) is 5.82 Å². The molecule has 3 aromatic carbocycles. The number of anilines is 2. The van der Waals surface area contributed by atoms with E-state index in [-0.39, 0.29) is 40.8 Å². The number of likely N-dealkylation sites (N-methyl/N-ethyl adjacent to an activating group) is 1. The Bertz CT molecular complexity index is 1720. The molecule has 9 nitrogen and oxygen atoms in total. The second-order valence-corrected chi connectivity index (χ2v) is 12.0. The Morgan fingerprint density at radius 3 is 2.44 bits per heavy atom. The normalized spacial score (nSPS) is 14.7. The van der Waals surface area contributed by atoms with Gasteiger partial charge >= 0.3 is 12.0 Å². The molecule has 4 aromatic rings. The fourth-order valence-electron chi connectivity index (χ4n) is 4.78. The minimum Gasteiger partial charge on any atom is -0.489 e. The van der Waals surface area contributed by atoms with E-state index in [0.29, 0.717) is 15.7 Å². The summed E-state index contributed by atoms with van der Waals surface area (Å²) in [4.78, 5) is 43.0. The molecule has 0 radical (unpaired) electrons. The fraction of sp³-hybridized carbons (Fsp3) is 0.273. The maximum atomic E-state index is 14.3. The summed E-state index contributed by atoms with van der Waals surface area (Å²) in [6.07, 6.45) is 3.00. The lowest BCUT2D eigenvalue weighted by Crippen LogP contribution is -2.31. The van der Waals surface area contributed by atoms with Gasteiger partial charge in [-0.2, -0.15) is 0 Å². The molecule has 1 aliphatic carbocycles. The van der Waals surface area contributed by atoms with E-state index in [1.54, 1.807) is 25.8 Å². The van der Waals surface area contributed by atoms with E-state index in [2.05, 4.69) is 4.98 Å². The summed E-state index contributed by atoms with van der Waals surface area (Å²) in [6.45, 7) is 3.25. The second kappa shape index (κ2) is 14.1. The summed E-state index contributed by atoms with van der Waals surface area (Å²) in [5.41, 5.74) is 2.04. The predicted octanol–water partition coefficient (Wildman–Crippen LogP) is 7.92. The molecule has 2 aliphatic rings. The molecule has 1 saturated carbocycles. The summed E-state index contributed by atoms with van der Waals surface area (Å²) in [7, 11) is 1.74. The molecule has 0 unspecified atom stereocenters. The number of allylic oxidation sites excluding steroid dienone is 1. The van der Waals surface area contributed by atoms with Crippen LogP contribution in [0.4, 0.5) is 20.6 Å². The Balaban J connectivity index is 0.000000179. The van der Waals surface area contributed by atoms with E-state index < -0.39 is 17.8 Å². The largest absolute Gasteiger partial charge is 0.489 e. The number of imide groups is 1. The lowest BCUT2D eigenvalue weighted by atomic mass is 10.2. The van der Waals surface area contributed by atoms with Gasteiger partial charge in [-0.05, 0) is 75.4 Å². The van der Waals surface area contributed by atoms with Gasteiger partial charge in [0.2, 0.25) is 0 Å². The van der Waals surface area contributed by atoms with Gasteiger partial charge < -0.3 is 19.1 Å². The summed E-state index contributed by atoms with van der Waals surface area (Å²) in [5.74, 6) is -1.44. The van der Waals surface area contributed by atoms with Gasteiger partial charge in [0.1, 0.15) is 11.6 Å². The zero-order chi connectivity index (χ0) is 32.1. The molecule has 6 rings (SSSR count). The van der Waals surface area contributed by atoms with Crippen LogP contribution in [-0.2, 0) is 14.3 Å². The van der Waals surface area contributed by atoms with Crippen molar-refractivity contribution < 1.29 is 33.0 Å². The van der Waals surface area contributed by atoms with Crippen molar-refractivity contribution in [2.45, 2.75) is 45.6 Å². The molecule has 2 fully saturated rings. The first-order chi connectivity index (χ1) is 21.6. The van der Waals surface area contributed by atoms with Gasteiger partial charge in [0.05, 0.1) is 27.0 Å². The van der Waals surface area contributed by atoms with Crippen molar-refractivity contribution in [1.82, 2.24) is 4.98 Å². The van der Waals surface area contributed by atoms with Gasteiger partial charge in [-0.25, -0.2) is 19.1 Å². The van der Waals surface area contributed by atoms with Crippen LogP contribution in [-0.4, -0.2) is 42.7 Å². The van der Waals surface area contributed by atoms with E-state index in [0.717, 1.165) is 47.7 Å². The minimum atomic E-state index is -0.941. The maximum Gasteiger partial charge on any atom is 0.427 e. The quantitative estimate of drug-likeness (QED) is 0.187. The van der Waals surface area contributed by atoms with Gasteiger partial charge in [0.25, 0.3) is 11.1 Å². The van der Waals surface area contributed by atoms with Gasteiger partial charge in [-0.15, -0.1) is 0 Å². The van der Waals surface area contributed by atoms with Crippen molar-refractivity contribution in [3.05, 3.63) is 88.9 Å². The van der Waals surface area contributed by atoms with Crippen LogP contribution in [0.15, 0.2) is 78.1 Å². The highest BCUT2D eigenvalue weighted by molar-refractivity contribution is 7.20. The molecule has 0 bridgehead atoms. The highest BCUT2D eigenvalue weighted by atomic mass is 35.5. The number of thiazole rings is 1. The first-order valence-corrected chi connectivity index (χ1v) is 15.5. The minimum absolute atomic E-state index is 0.00962. The van der Waals surface area contributed by atoms with Crippen LogP contribution in [0.3, 0.4) is 0 Å². The number of benzene rings is 3. The zero-order valence-corrected chi connectivity index (χ0v) is 26.5. The standard InChI is InChI=1S/C17H17ClFNO4.C16H14N2O2S/c1-9(2)15-16(21)20(17(22)24-15)13-8-14(11(18)7-12(13)19)23-10-5-3-4-6-10;1-18(12-7-3-2-4-8-12)15(19)11-20-16-17-13-9-5-6-10-14(13)21-16/h7-8,10H,3-6H2,1-2H3;2-10H,11H2,1H3. The molecule has 12 heteroatoms. The van der Waals surface area contributed by atoms with E-state index in [1.807, 2.05) is 54.6 Å². The van der Waals surface area contributed by atoms with Crippen molar-refractivity contribution in [2.24, 2.45) is 0 Å². The Labute approximate surface area is 268 Å². The van der Waals surface area contributed by atoms with E-state index in [1.165, 1.54) is 17.4 Å². The SMILES string of the molecule is CC(C)=C1OC(=O)N(c2cc(OC3CCCC3)c(Cl)cc2F)C1=O.CN(C(=O)COc1nc2ccccc2s1)c1ccccc1. The molecule has 45 heavy (non-hydrogen) atoms. The van der Waals surface area contributed by atoms with Gasteiger partial charge in [0, 0.05) is 18.8 Å². The monoisotopic (exact) mass is 651 g/mol. The number of nitrogens with zero attached hydrogens (tertiary/aromatic N) is 3. The van der Waals surface area contributed by atoms with Crippen LogP contribution in [0.2, 0.25) is 5.02 Å². The number of hydrogen-bond donors (Lipinski definition) is 0. The number of para-hydroxylation sites is 2. The van der Waals surface area contributed by atoms with E-state index >= 15 is 0 Å². The third kappa shape index (κ3) is 7.43. The number of fused-ring (bicyclic) bond motifs is 1. The topological polar surface area (TPSA) is 98.3 Å². The number of carbonyl (C=O) groups is 3. The summed E-state index contributed by atoms with van der Waals surface area (Å²) >= 11 is 7.49. The van der Waals surface area contributed by atoms with Crippen LogP contribution in [0.5, 0.6) is 10.9 Å². The maximum absolute atomic E-state index is 14.3. The van der Waals surface area contributed by atoms with Crippen molar-refractivity contribution in [2.75, 3.05) is 23.5 Å². The number of halogens is 2. The Hall–Kier alpha value is -4.48. The molecular weight excluding hydrogens is 621 g/mol. The van der Waals surface area contributed by atoms with E-state index in [4.69, 9.17) is 25.8 Å². The summed E-state index contributed by atoms with van der Waals surface area (Å²) in [6, 6.07) is 19.6. The molecule has 1 saturated heterocycles. The number of rotatable bonds is 7. The smallest absolute Gasteiger partial charge is 0.427 e. The van der Waals surface area contributed by atoms with Crippen molar-refractivity contribution in [3.63, 3.8) is 0 Å². The van der Waals surface area contributed by atoms with Crippen LogP contribution >= 0.6 is 22.9 Å². The Morgan fingerprint density at radius 2 is 1.78 bits per heavy atom. The fourth-order valence-corrected chi connectivity index (χ4v) is 5.79. The lowest BCUT2D eigenvalue weighted by Gasteiger charge is -2.18. The van der Waals surface area contributed by atoms with Gasteiger partial charge in [-0.3, -0.25) is 9.59 Å². The van der Waals surface area contributed by atoms with Crippen molar-refractivity contribution in [1.29, 1.82) is 0 Å². The third-order valence-electron chi connectivity index (χ3n) is 7.17. The molecular formula is C33H31ClFN3O6S. The third-order valence-corrected chi connectivity index (χ3v) is 8.42. The number of ether oxygens (including phenoxy) is 3. The summed E-state index contributed by atoms with van der Waals surface area (Å²) in [5, 5.41) is 0.622. The molecule has 1 aliphatic heterocycles. The Kier molecular flexibility index (Phi) is 9.99. The molecule has 0 spiro atoms. The number of amides is 3. The molecule has 234 valence electrons. The van der Waals surface area contributed by atoms with Crippen LogP contribution in [0.1, 0.15) is 39.5 Å². The molecule has 0 atom stereocenters. The number of aromatic nitrogens is 1. The molecule has 3 amide bonds. The lowest BCUT2D eigenvalue weighted by molar-refractivity contribution is -0.120. The molecule has 1 aromatic heterocycles. The molecule has 2 heterocycles. The second-order valence-electron chi connectivity index (χ2n) is 10.6. The Morgan fingerprint density at radius 1 is 1.09 bits per heavy atom. The molecule has 0 N–H and O–H groups in total. The van der Waals surface area contributed by atoms with Crippen LogP contribution in [0.25, 0.3) is 10.2 Å². The van der Waals surface area contributed by atoms with E-state index in [9.17, 15) is 18.8 Å². The van der Waals surface area contributed by atoms with Crippen molar-refractivity contribution >= 4 is 62.4 Å². The first kappa shape index (κ1) is 31.9. The summed E-state index contributed by atoms with van der Waals surface area (Å²) < 4.78 is 31.6. The van der Waals surface area contributed by atoms with Crippen LogP contribution < -0.4 is 19.3 Å². The average Bonchev–Trinajstić information content (AvgIpc) is 3.77. The van der Waals surface area contributed by atoms with Crippen molar-refractivity contribution in [3.8, 4) is 10.9 Å². The number of carbonyl (C=O) groups excluding carboxylic acids is 3. The average molecular weight is 652 g/mol. The highest BCUT2D eigenvalue weighted by Gasteiger charge is 2.40. The van der Waals surface area contributed by atoms with Gasteiger partial charge in [0.15, 0.2) is 12.4 Å².